The number of nitrogens with zero attached hydrogens (tertiary/aromatic N) is 3. The summed E-state index contributed by atoms with van der Waals surface area (Å²) in [4.78, 5) is 13.3. The van der Waals surface area contributed by atoms with E-state index in [9.17, 15) is 0 Å². The molecule has 4 nitrogen and oxygen atoms in total. The van der Waals surface area contributed by atoms with Gasteiger partial charge in [0, 0.05) is 31.8 Å². The molecule has 0 amide bonds. The molecule has 0 unspecified atom stereocenters. The fourth-order valence-electron chi connectivity index (χ4n) is 2.07. The van der Waals surface area contributed by atoms with E-state index in [-0.39, 0.29) is 0 Å². The van der Waals surface area contributed by atoms with Gasteiger partial charge in [0.1, 0.15) is 11.6 Å². The molecule has 2 aromatic heterocycles. The van der Waals surface area contributed by atoms with E-state index >= 15 is 0 Å². The molecule has 5 heteroatoms. The molecule has 1 saturated carbocycles. The van der Waals surface area contributed by atoms with Crippen molar-refractivity contribution in [2.75, 3.05) is 12.4 Å². The predicted octanol–water partition coefficient (Wildman–Crippen LogP) is 3.14. The van der Waals surface area contributed by atoms with Crippen molar-refractivity contribution < 1.29 is 0 Å². The summed E-state index contributed by atoms with van der Waals surface area (Å²) in [7, 11) is 1.89. The quantitative estimate of drug-likeness (QED) is 0.940. The first-order valence-corrected chi connectivity index (χ1v) is 7.20. The molecule has 1 N–H and O–H groups in total. The number of halogens is 1. The zero-order valence-corrected chi connectivity index (χ0v) is 12.3. The average molecular weight is 319 g/mol. The largest absolute Gasteiger partial charge is 0.372 e. The Balaban J connectivity index is 1.95. The first kappa shape index (κ1) is 12.5. The number of aromatic nitrogens is 3. The highest BCUT2D eigenvalue weighted by Crippen LogP contribution is 2.43. The number of anilines is 1. The summed E-state index contributed by atoms with van der Waals surface area (Å²) < 4.78 is 1.01. The second-order valence-electron chi connectivity index (χ2n) is 4.74. The number of rotatable bonds is 4. The molecule has 0 saturated heterocycles. The molecule has 0 aliphatic heterocycles. The van der Waals surface area contributed by atoms with Crippen molar-refractivity contribution in [2.24, 2.45) is 0 Å². The SMILES string of the molecule is CNc1nc(Cc2ccncc2)nc(C2CC2)c1Br. The van der Waals surface area contributed by atoms with Gasteiger partial charge in [-0.1, -0.05) is 0 Å². The van der Waals surface area contributed by atoms with E-state index in [0.717, 1.165) is 28.2 Å². The summed E-state index contributed by atoms with van der Waals surface area (Å²) in [5, 5.41) is 3.13. The monoisotopic (exact) mass is 318 g/mol. The highest BCUT2D eigenvalue weighted by Gasteiger charge is 2.29. The van der Waals surface area contributed by atoms with Crippen LogP contribution < -0.4 is 5.32 Å². The number of hydrogen-bond acceptors (Lipinski definition) is 4. The highest BCUT2D eigenvalue weighted by atomic mass is 79.9. The van der Waals surface area contributed by atoms with Gasteiger partial charge in [0.25, 0.3) is 0 Å². The Morgan fingerprint density at radius 3 is 2.63 bits per heavy atom. The van der Waals surface area contributed by atoms with Crippen molar-refractivity contribution >= 4 is 21.7 Å². The molecule has 2 aromatic rings. The Morgan fingerprint density at radius 2 is 2.00 bits per heavy atom. The van der Waals surface area contributed by atoms with E-state index in [1.807, 2.05) is 19.2 Å². The van der Waals surface area contributed by atoms with Gasteiger partial charge in [-0.15, -0.1) is 0 Å². The zero-order chi connectivity index (χ0) is 13.2. The van der Waals surface area contributed by atoms with Crippen LogP contribution in [0.25, 0.3) is 0 Å². The van der Waals surface area contributed by atoms with E-state index < -0.39 is 0 Å². The lowest BCUT2D eigenvalue weighted by Crippen LogP contribution is -2.06. The Kier molecular flexibility index (Phi) is 3.46. The molecule has 0 atom stereocenters. The lowest BCUT2D eigenvalue weighted by molar-refractivity contribution is 0.891. The lowest BCUT2D eigenvalue weighted by Gasteiger charge is -2.10. The molecule has 98 valence electrons. The standard InChI is InChI=1S/C14H15BrN4/c1-16-14-12(15)13(10-2-3-10)18-11(19-14)8-9-4-6-17-7-5-9/h4-7,10H,2-3,8H2,1H3,(H,16,18,19). The van der Waals surface area contributed by atoms with Crippen LogP contribution in [-0.2, 0) is 6.42 Å². The van der Waals surface area contributed by atoms with Gasteiger partial charge in [0.2, 0.25) is 0 Å². The number of nitrogens with one attached hydrogen (secondary N) is 1. The summed E-state index contributed by atoms with van der Waals surface area (Å²) in [5.41, 5.74) is 2.32. The molecule has 1 aliphatic rings. The van der Waals surface area contributed by atoms with E-state index in [4.69, 9.17) is 4.98 Å². The lowest BCUT2D eigenvalue weighted by atomic mass is 10.2. The van der Waals surface area contributed by atoms with E-state index in [0.29, 0.717) is 5.92 Å². The summed E-state index contributed by atoms with van der Waals surface area (Å²) in [6, 6.07) is 4.00. The molecule has 3 rings (SSSR count). The van der Waals surface area contributed by atoms with E-state index in [2.05, 4.69) is 31.2 Å². The van der Waals surface area contributed by atoms with E-state index in [1.165, 1.54) is 18.4 Å². The maximum atomic E-state index is 4.72. The average Bonchev–Trinajstić information content (AvgIpc) is 3.26. The van der Waals surface area contributed by atoms with Gasteiger partial charge < -0.3 is 5.32 Å². The molecular formula is C14H15BrN4. The summed E-state index contributed by atoms with van der Waals surface area (Å²) in [6.45, 7) is 0. The Labute approximate surface area is 120 Å². The van der Waals surface area contributed by atoms with Gasteiger partial charge in [-0.2, -0.15) is 0 Å². The van der Waals surface area contributed by atoms with Gasteiger partial charge >= 0.3 is 0 Å². The molecule has 0 bridgehead atoms. The third-order valence-electron chi connectivity index (χ3n) is 3.24. The second-order valence-corrected chi connectivity index (χ2v) is 5.54. The van der Waals surface area contributed by atoms with Gasteiger partial charge in [-0.25, -0.2) is 9.97 Å². The molecule has 1 aliphatic carbocycles. The predicted molar refractivity (Wildman–Crippen MR) is 78.3 cm³/mol. The van der Waals surface area contributed by atoms with Crippen molar-refractivity contribution in [3.63, 3.8) is 0 Å². The highest BCUT2D eigenvalue weighted by molar-refractivity contribution is 9.10. The van der Waals surface area contributed by atoms with Gasteiger partial charge in [-0.05, 0) is 46.5 Å². The molecule has 0 radical (unpaired) electrons. The van der Waals surface area contributed by atoms with Crippen LogP contribution in [0.15, 0.2) is 29.0 Å². The van der Waals surface area contributed by atoms with Crippen molar-refractivity contribution in [3.05, 3.63) is 46.1 Å². The molecular weight excluding hydrogens is 304 g/mol. The minimum absolute atomic E-state index is 0.598. The molecule has 1 fully saturated rings. The molecule has 2 heterocycles. The number of pyridine rings is 1. The zero-order valence-electron chi connectivity index (χ0n) is 10.7. The fourth-order valence-corrected chi connectivity index (χ4v) is 2.77. The van der Waals surface area contributed by atoms with Crippen molar-refractivity contribution in [1.82, 2.24) is 15.0 Å². The summed E-state index contributed by atoms with van der Waals surface area (Å²) in [6.07, 6.45) is 6.80. The fraction of sp³-hybridized carbons (Fsp3) is 0.357. The maximum Gasteiger partial charge on any atom is 0.144 e. The Morgan fingerprint density at radius 1 is 1.26 bits per heavy atom. The number of hydrogen-bond donors (Lipinski definition) is 1. The van der Waals surface area contributed by atoms with Crippen LogP contribution in [0.3, 0.4) is 0 Å². The maximum absolute atomic E-state index is 4.72. The van der Waals surface area contributed by atoms with E-state index in [1.54, 1.807) is 12.4 Å². The summed E-state index contributed by atoms with van der Waals surface area (Å²) in [5.74, 6) is 2.34. The third-order valence-corrected chi connectivity index (χ3v) is 4.02. The van der Waals surface area contributed by atoms with Gasteiger partial charge in [0.15, 0.2) is 0 Å². The second kappa shape index (κ2) is 5.25. The van der Waals surface area contributed by atoms with Gasteiger partial charge in [-0.3, -0.25) is 4.98 Å². The van der Waals surface area contributed by atoms with Crippen LogP contribution in [0.2, 0.25) is 0 Å². The topological polar surface area (TPSA) is 50.7 Å². The van der Waals surface area contributed by atoms with Crippen LogP contribution >= 0.6 is 15.9 Å². The normalized spacial score (nSPS) is 14.4. The van der Waals surface area contributed by atoms with Crippen LogP contribution in [0.4, 0.5) is 5.82 Å². The van der Waals surface area contributed by atoms with Crippen LogP contribution in [0, 0.1) is 0 Å². The summed E-state index contributed by atoms with van der Waals surface area (Å²) >= 11 is 3.60. The van der Waals surface area contributed by atoms with Crippen LogP contribution in [0.5, 0.6) is 0 Å². The smallest absolute Gasteiger partial charge is 0.144 e. The van der Waals surface area contributed by atoms with Crippen molar-refractivity contribution in [1.29, 1.82) is 0 Å². The Hall–Kier alpha value is -1.49. The first-order chi connectivity index (χ1) is 9.28. The van der Waals surface area contributed by atoms with Gasteiger partial charge in [0.05, 0.1) is 10.2 Å². The minimum Gasteiger partial charge on any atom is -0.372 e. The van der Waals surface area contributed by atoms with Crippen LogP contribution in [-0.4, -0.2) is 22.0 Å². The van der Waals surface area contributed by atoms with Crippen LogP contribution in [0.1, 0.15) is 35.8 Å². The molecule has 0 spiro atoms. The molecule has 0 aromatic carbocycles. The van der Waals surface area contributed by atoms with Crippen molar-refractivity contribution in [2.45, 2.75) is 25.2 Å². The minimum atomic E-state index is 0.598. The first-order valence-electron chi connectivity index (χ1n) is 6.41. The Bertz CT molecular complexity index is 581. The third kappa shape index (κ3) is 2.76. The molecule has 19 heavy (non-hydrogen) atoms. The van der Waals surface area contributed by atoms with Crippen molar-refractivity contribution in [3.8, 4) is 0 Å².